The van der Waals surface area contributed by atoms with Crippen molar-refractivity contribution in [3.05, 3.63) is 17.7 Å². The van der Waals surface area contributed by atoms with E-state index >= 15 is 0 Å². The Morgan fingerprint density at radius 2 is 2.17 bits per heavy atom. The molecule has 3 N–H and O–H groups in total. The summed E-state index contributed by atoms with van der Waals surface area (Å²) in [5, 5.41) is 22.2. The minimum absolute atomic E-state index is 0.0405. The van der Waals surface area contributed by atoms with Crippen LogP contribution in [-0.2, 0) is 0 Å². The van der Waals surface area contributed by atoms with Gasteiger partial charge in [0.2, 0.25) is 0 Å². The van der Waals surface area contributed by atoms with Crippen molar-refractivity contribution in [1.82, 2.24) is 5.32 Å². The number of hydrogen-bond acceptors (Lipinski definition) is 5. The van der Waals surface area contributed by atoms with Crippen LogP contribution < -0.4 is 14.8 Å². The summed E-state index contributed by atoms with van der Waals surface area (Å²) < 4.78 is 10.9. The maximum absolute atomic E-state index is 10.1. The van der Waals surface area contributed by atoms with Crippen LogP contribution in [0.4, 0.5) is 0 Å². The smallest absolute Gasteiger partial charge is 0.132 e. The number of fused-ring (bicyclic) bond motifs is 1. The van der Waals surface area contributed by atoms with Crippen molar-refractivity contribution in [1.29, 1.82) is 0 Å². The number of methoxy groups -OCH3 is 1. The molecule has 1 unspecified atom stereocenters. The lowest BCUT2D eigenvalue weighted by Gasteiger charge is -2.27. The van der Waals surface area contributed by atoms with E-state index in [0.29, 0.717) is 23.6 Å². The molecule has 0 radical (unpaired) electrons. The Hall–Kier alpha value is -1.46. The monoisotopic (exact) mass is 253 g/mol. The first-order chi connectivity index (χ1) is 8.49. The first kappa shape index (κ1) is 13.0. The number of aliphatic hydroxyl groups excluding tert-OH is 1. The number of ether oxygens (including phenoxy) is 2. The van der Waals surface area contributed by atoms with E-state index in [-0.39, 0.29) is 18.4 Å². The van der Waals surface area contributed by atoms with Gasteiger partial charge in [0.15, 0.2) is 0 Å². The molecule has 100 valence electrons. The van der Waals surface area contributed by atoms with Crippen LogP contribution in [0, 0.1) is 0 Å². The Morgan fingerprint density at radius 1 is 1.44 bits per heavy atom. The van der Waals surface area contributed by atoms with Crippen molar-refractivity contribution in [2.75, 3.05) is 20.3 Å². The highest BCUT2D eigenvalue weighted by molar-refractivity contribution is 5.55. The van der Waals surface area contributed by atoms with Crippen LogP contribution in [0.5, 0.6) is 17.2 Å². The molecular weight excluding hydrogens is 234 g/mol. The predicted octanol–water partition coefficient (Wildman–Crippen LogP) is 1.19. The van der Waals surface area contributed by atoms with Crippen LogP contribution in [0.15, 0.2) is 12.1 Å². The van der Waals surface area contributed by atoms with Gasteiger partial charge in [0.05, 0.1) is 25.3 Å². The summed E-state index contributed by atoms with van der Waals surface area (Å²) in [6, 6.07) is 3.17. The highest BCUT2D eigenvalue weighted by Gasteiger charge is 2.43. The van der Waals surface area contributed by atoms with Crippen molar-refractivity contribution in [2.24, 2.45) is 0 Å². The van der Waals surface area contributed by atoms with E-state index in [1.807, 2.05) is 13.8 Å². The molecule has 1 aliphatic rings. The number of rotatable bonds is 4. The van der Waals surface area contributed by atoms with E-state index in [4.69, 9.17) is 14.6 Å². The number of nitrogens with one attached hydrogen (secondary N) is 1. The van der Waals surface area contributed by atoms with Crippen molar-refractivity contribution in [3.8, 4) is 17.2 Å². The van der Waals surface area contributed by atoms with Gasteiger partial charge < -0.3 is 25.0 Å². The topological polar surface area (TPSA) is 71.0 Å². The molecular formula is C13H19NO4. The van der Waals surface area contributed by atoms with E-state index in [9.17, 15) is 5.11 Å². The zero-order valence-corrected chi connectivity index (χ0v) is 10.9. The molecule has 5 heteroatoms. The lowest BCUT2D eigenvalue weighted by molar-refractivity contribution is 0.0936. The zero-order valence-electron chi connectivity index (χ0n) is 10.9. The third-order valence-electron chi connectivity index (χ3n) is 3.15. The summed E-state index contributed by atoms with van der Waals surface area (Å²) in [4.78, 5) is 0. The molecule has 0 bridgehead atoms. The van der Waals surface area contributed by atoms with Crippen molar-refractivity contribution >= 4 is 0 Å². The maximum Gasteiger partial charge on any atom is 0.132 e. The van der Waals surface area contributed by atoms with Crippen LogP contribution in [0.3, 0.4) is 0 Å². The van der Waals surface area contributed by atoms with Crippen molar-refractivity contribution in [2.45, 2.75) is 25.5 Å². The van der Waals surface area contributed by atoms with Gasteiger partial charge in [0.25, 0.3) is 0 Å². The average Bonchev–Trinajstić information content (AvgIpc) is 2.56. The van der Waals surface area contributed by atoms with E-state index in [0.717, 1.165) is 0 Å². The highest BCUT2D eigenvalue weighted by atomic mass is 16.5. The van der Waals surface area contributed by atoms with Gasteiger partial charge in [-0.25, -0.2) is 0 Å². The Balaban J connectivity index is 2.40. The molecule has 0 aromatic heterocycles. The van der Waals surface area contributed by atoms with Crippen molar-refractivity contribution < 1.29 is 19.7 Å². The fourth-order valence-corrected chi connectivity index (χ4v) is 2.33. The molecule has 2 rings (SSSR count). The van der Waals surface area contributed by atoms with Crippen LogP contribution in [0.2, 0.25) is 0 Å². The molecule has 1 aromatic carbocycles. The van der Waals surface area contributed by atoms with Gasteiger partial charge in [-0.2, -0.15) is 0 Å². The predicted molar refractivity (Wildman–Crippen MR) is 67.2 cm³/mol. The standard InChI is InChI=1S/C13H19NO4/c1-13(2)12(14-4-5-15)11-9(16)6-8(17-3)7-10(11)18-13/h6-7,12,14-16H,4-5H2,1-3H3. The van der Waals surface area contributed by atoms with Gasteiger partial charge >= 0.3 is 0 Å². The third-order valence-corrected chi connectivity index (χ3v) is 3.15. The summed E-state index contributed by atoms with van der Waals surface area (Å²) in [7, 11) is 1.54. The fourth-order valence-electron chi connectivity index (χ4n) is 2.33. The summed E-state index contributed by atoms with van der Waals surface area (Å²) in [6.07, 6.45) is 0. The van der Waals surface area contributed by atoms with Crippen LogP contribution in [-0.4, -0.2) is 36.1 Å². The molecule has 0 spiro atoms. The third kappa shape index (κ3) is 2.11. The number of aliphatic hydroxyl groups is 1. The number of aromatic hydroxyl groups is 1. The molecule has 0 saturated heterocycles. The van der Waals surface area contributed by atoms with E-state index in [2.05, 4.69) is 5.32 Å². The Morgan fingerprint density at radius 3 is 2.78 bits per heavy atom. The minimum atomic E-state index is -0.485. The van der Waals surface area contributed by atoms with E-state index in [1.165, 1.54) is 0 Å². The fraction of sp³-hybridized carbons (Fsp3) is 0.538. The lowest BCUT2D eigenvalue weighted by Crippen LogP contribution is -2.40. The molecule has 18 heavy (non-hydrogen) atoms. The summed E-state index contributed by atoms with van der Waals surface area (Å²) in [5.41, 5.74) is 0.232. The largest absolute Gasteiger partial charge is 0.507 e. The Bertz CT molecular complexity index is 445. The molecule has 0 aliphatic carbocycles. The second-order valence-corrected chi connectivity index (χ2v) is 4.87. The first-order valence-electron chi connectivity index (χ1n) is 5.93. The summed E-state index contributed by atoms with van der Waals surface area (Å²) in [6.45, 7) is 4.36. The molecule has 0 amide bonds. The first-order valence-corrected chi connectivity index (χ1v) is 5.93. The molecule has 0 saturated carbocycles. The molecule has 0 fully saturated rings. The molecule has 1 atom stereocenters. The summed E-state index contributed by atoms with van der Waals surface area (Å²) in [5.74, 6) is 1.32. The molecule has 1 aromatic rings. The van der Waals surface area contributed by atoms with E-state index < -0.39 is 5.60 Å². The second-order valence-electron chi connectivity index (χ2n) is 4.87. The minimum Gasteiger partial charge on any atom is -0.507 e. The number of phenols is 1. The average molecular weight is 253 g/mol. The molecule has 1 heterocycles. The SMILES string of the molecule is COc1cc(O)c2c(c1)OC(C)(C)C2NCCO. The maximum atomic E-state index is 10.1. The quantitative estimate of drug-likeness (QED) is 0.752. The zero-order chi connectivity index (χ0) is 13.3. The van der Waals surface area contributed by atoms with Gasteiger partial charge in [0.1, 0.15) is 22.8 Å². The van der Waals surface area contributed by atoms with Crippen LogP contribution in [0.1, 0.15) is 25.5 Å². The van der Waals surface area contributed by atoms with E-state index in [1.54, 1.807) is 19.2 Å². The van der Waals surface area contributed by atoms with Gasteiger partial charge in [0, 0.05) is 18.7 Å². The highest BCUT2D eigenvalue weighted by Crippen LogP contribution is 2.48. The van der Waals surface area contributed by atoms with Gasteiger partial charge in [-0.05, 0) is 13.8 Å². The normalized spacial score (nSPS) is 20.3. The number of benzene rings is 1. The van der Waals surface area contributed by atoms with Crippen LogP contribution >= 0.6 is 0 Å². The number of phenolic OH excluding ortho intramolecular Hbond substituents is 1. The van der Waals surface area contributed by atoms with Crippen LogP contribution in [0.25, 0.3) is 0 Å². The molecule has 1 aliphatic heterocycles. The van der Waals surface area contributed by atoms with Crippen molar-refractivity contribution in [3.63, 3.8) is 0 Å². The van der Waals surface area contributed by atoms with Gasteiger partial charge in [-0.1, -0.05) is 0 Å². The second kappa shape index (κ2) is 4.66. The van der Waals surface area contributed by atoms with Gasteiger partial charge in [-0.3, -0.25) is 0 Å². The Labute approximate surface area is 106 Å². The lowest BCUT2D eigenvalue weighted by atomic mass is 9.93. The van der Waals surface area contributed by atoms with Gasteiger partial charge in [-0.15, -0.1) is 0 Å². The summed E-state index contributed by atoms with van der Waals surface area (Å²) >= 11 is 0. The number of hydrogen-bond donors (Lipinski definition) is 3. The molecule has 5 nitrogen and oxygen atoms in total. The Kier molecular flexibility index (Phi) is 3.36.